The van der Waals surface area contributed by atoms with Gasteiger partial charge in [0.05, 0.1) is 0 Å². The average molecular weight is 263 g/mol. The first kappa shape index (κ1) is 11.3. The van der Waals surface area contributed by atoms with Gasteiger partial charge in [-0.2, -0.15) is 0 Å². The number of alkyl halides is 2. The average Bonchev–Trinajstić information content (AvgIpc) is 2.01. The number of carbonyl (C=O) groups is 1. The van der Waals surface area contributed by atoms with Crippen molar-refractivity contribution in [3.8, 4) is 0 Å². The van der Waals surface area contributed by atoms with Crippen LogP contribution in [0.25, 0.3) is 0 Å². The summed E-state index contributed by atoms with van der Waals surface area (Å²) in [5.41, 5.74) is 1.27. The molecule has 0 radical (unpaired) electrons. The second-order valence-electron chi connectivity index (χ2n) is 3.08. The highest BCUT2D eigenvalue weighted by atomic mass is 79.9. The van der Waals surface area contributed by atoms with E-state index >= 15 is 0 Å². The van der Waals surface area contributed by atoms with Crippen molar-refractivity contribution < 1.29 is 13.6 Å². The lowest BCUT2D eigenvalue weighted by Crippen LogP contribution is -2.13. The molecule has 0 aliphatic heterocycles. The minimum Gasteiger partial charge on any atom is -0.288 e. The first-order valence-electron chi connectivity index (χ1n) is 4.02. The lowest BCUT2D eigenvalue weighted by molar-refractivity contribution is 0.0677. The number of carbonyl (C=O) groups excluding carboxylic acids is 1. The van der Waals surface area contributed by atoms with Crippen LogP contribution in [-0.4, -0.2) is 12.2 Å². The molecule has 0 amide bonds. The molecule has 0 aromatic heterocycles. The number of benzene rings is 1. The quantitative estimate of drug-likeness (QED) is 0.746. The van der Waals surface area contributed by atoms with E-state index in [2.05, 4.69) is 15.9 Å². The van der Waals surface area contributed by atoms with Crippen LogP contribution in [-0.2, 0) is 0 Å². The molecule has 0 spiro atoms. The lowest BCUT2D eigenvalue weighted by atomic mass is 9.99. The predicted octanol–water partition coefficient (Wildman–Crippen LogP) is 3.51. The molecule has 0 fully saturated rings. The van der Waals surface area contributed by atoms with Crippen LogP contribution in [0.2, 0.25) is 0 Å². The van der Waals surface area contributed by atoms with Crippen LogP contribution in [0, 0.1) is 13.8 Å². The summed E-state index contributed by atoms with van der Waals surface area (Å²) in [5.74, 6) is -1.10. The second-order valence-corrected chi connectivity index (χ2v) is 4.00. The van der Waals surface area contributed by atoms with Gasteiger partial charge in [-0.1, -0.05) is 15.9 Å². The van der Waals surface area contributed by atoms with Gasteiger partial charge in [0.1, 0.15) is 0 Å². The normalized spacial score (nSPS) is 10.7. The van der Waals surface area contributed by atoms with Crippen LogP contribution in [0.3, 0.4) is 0 Å². The Hall–Kier alpha value is -0.770. The van der Waals surface area contributed by atoms with Gasteiger partial charge in [0.15, 0.2) is 0 Å². The molecule has 1 nitrogen and oxygen atoms in total. The molecule has 0 atom stereocenters. The lowest BCUT2D eigenvalue weighted by Gasteiger charge is -2.08. The van der Waals surface area contributed by atoms with Crippen LogP contribution in [0.1, 0.15) is 21.5 Å². The minimum atomic E-state index is -2.94. The minimum absolute atomic E-state index is 0.128. The zero-order valence-electron chi connectivity index (χ0n) is 7.77. The van der Waals surface area contributed by atoms with Gasteiger partial charge in [0.25, 0.3) is 0 Å². The van der Waals surface area contributed by atoms with Crippen molar-refractivity contribution in [2.45, 2.75) is 20.3 Å². The summed E-state index contributed by atoms with van der Waals surface area (Å²) >= 11 is 3.23. The number of halogens is 3. The SMILES string of the molecule is Cc1cc(Br)cc(C)c1C(=O)C(F)F. The zero-order valence-corrected chi connectivity index (χ0v) is 9.36. The standard InChI is InChI=1S/C10H9BrF2O/c1-5-3-7(11)4-6(2)8(5)9(14)10(12)13/h3-4,10H,1-2H3. The number of hydrogen-bond donors (Lipinski definition) is 0. The molecule has 14 heavy (non-hydrogen) atoms. The molecule has 0 unspecified atom stereocenters. The number of ketones is 1. The van der Waals surface area contributed by atoms with Gasteiger partial charge in [0, 0.05) is 10.0 Å². The molecule has 0 heterocycles. The smallest absolute Gasteiger partial charge is 0.288 e. The van der Waals surface area contributed by atoms with Crippen molar-refractivity contribution in [1.82, 2.24) is 0 Å². The van der Waals surface area contributed by atoms with Crippen molar-refractivity contribution in [3.05, 3.63) is 33.3 Å². The van der Waals surface area contributed by atoms with E-state index in [0.717, 1.165) is 4.47 Å². The third kappa shape index (κ3) is 2.18. The fourth-order valence-electron chi connectivity index (χ4n) is 1.41. The van der Waals surface area contributed by atoms with Gasteiger partial charge in [-0.05, 0) is 37.1 Å². The van der Waals surface area contributed by atoms with E-state index in [1.165, 1.54) is 0 Å². The van der Waals surface area contributed by atoms with Gasteiger partial charge in [-0.25, -0.2) is 8.78 Å². The molecule has 0 aliphatic rings. The van der Waals surface area contributed by atoms with Gasteiger partial charge < -0.3 is 0 Å². The molecular weight excluding hydrogens is 254 g/mol. The molecular formula is C10H9BrF2O. The van der Waals surface area contributed by atoms with Crippen LogP contribution in [0.4, 0.5) is 8.78 Å². The number of Topliss-reactive ketones (excluding diaryl/α,β-unsaturated/α-hetero) is 1. The first-order valence-corrected chi connectivity index (χ1v) is 4.82. The van der Waals surface area contributed by atoms with Crippen molar-refractivity contribution in [1.29, 1.82) is 0 Å². The molecule has 4 heteroatoms. The topological polar surface area (TPSA) is 17.1 Å². The molecule has 0 N–H and O–H groups in total. The number of hydrogen-bond acceptors (Lipinski definition) is 1. The maximum Gasteiger partial charge on any atom is 0.300 e. The molecule has 0 bridgehead atoms. The maximum atomic E-state index is 12.2. The number of aryl methyl sites for hydroxylation is 2. The first-order chi connectivity index (χ1) is 6.43. The molecule has 1 aromatic rings. The Balaban J connectivity index is 3.28. The summed E-state index contributed by atoms with van der Waals surface area (Å²) in [7, 11) is 0. The van der Waals surface area contributed by atoms with Gasteiger partial charge >= 0.3 is 6.43 Å². The summed E-state index contributed by atoms with van der Waals surface area (Å²) in [4.78, 5) is 11.1. The summed E-state index contributed by atoms with van der Waals surface area (Å²) in [5, 5.41) is 0. The van der Waals surface area contributed by atoms with E-state index in [1.54, 1.807) is 26.0 Å². The summed E-state index contributed by atoms with van der Waals surface area (Å²) < 4.78 is 25.2. The zero-order chi connectivity index (χ0) is 10.9. The Kier molecular flexibility index (Phi) is 3.37. The highest BCUT2D eigenvalue weighted by Gasteiger charge is 2.21. The van der Waals surface area contributed by atoms with E-state index < -0.39 is 12.2 Å². The van der Waals surface area contributed by atoms with Crippen molar-refractivity contribution in [3.63, 3.8) is 0 Å². The summed E-state index contributed by atoms with van der Waals surface area (Å²) in [6.07, 6.45) is -2.94. The third-order valence-corrected chi connectivity index (χ3v) is 2.40. The Bertz CT molecular complexity index is 351. The Morgan fingerprint density at radius 1 is 1.29 bits per heavy atom. The van der Waals surface area contributed by atoms with Crippen molar-refractivity contribution in [2.75, 3.05) is 0 Å². The second kappa shape index (κ2) is 4.17. The van der Waals surface area contributed by atoms with Gasteiger partial charge in [-0.3, -0.25) is 4.79 Å². The Morgan fingerprint density at radius 3 is 2.07 bits per heavy atom. The van der Waals surface area contributed by atoms with E-state index in [9.17, 15) is 13.6 Å². The van der Waals surface area contributed by atoms with Crippen LogP contribution < -0.4 is 0 Å². The molecule has 76 valence electrons. The van der Waals surface area contributed by atoms with E-state index in [1.807, 2.05) is 0 Å². The molecule has 0 saturated carbocycles. The van der Waals surface area contributed by atoms with Gasteiger partial charge in [-0.15, -0.1) is 0 Å². The van der Waals surface area contributed by atoms with Gasteiger partial charge in [0.2, 0.25) is 5.78 Å². The van der Waals surface area contributed by atoms with Crippen LogP contribution in [0.5, 0.6) is 0 Å². The molecule has 1 rings (SSSR count). The van der Waals surface area contributed by atoms with Crippen LogP contribution in [0.15, 0.2) is 16.6 Å². The van der Waals surface area contributed by atoms with E-state index in [-0.39, 0.29) is 5.56 Å². The third-order valence-electron chi connectivity index (χ3n) is 1.94. The predicted molar refractivity (Wildman–Crippen MR) is 54.0 cm³/mol. The molecule has 0 aliphatic carbocycles. The van der Waals surface area contributed by atoms with Crippen molar-refractivity contribution >= 4 is 21.7 Å². The molecule has 0 saturated heterocycles. The monoisotopic (exact) mass is 262 g/mol. The Morgan fingerprint density at radius 2 is 1.71 bits per heavy atom. The van der Waals surface area contributed by atoms with E-state index in [4.69, 9.17) is 0 Å². The molecule has 1 aromatic carbocycles. The fraction of sp³-hybridized carbons (Fsp3) is 0.300. The summed E-state index contributed by atoms with van der Waals surface area (Å²) in [6, 6.07) is 3.31. The Labute approximate surface area is 89.3 Å². The van der Waals surface area contributed by atoms with Crippen molar-refractivity contribution in [2.24, 2.45) is 0 Å². The van der Waals surface area contributed by atoms with E-state index in [0.29, 0.717) is 11.1 Å². The highest BCUT2D eigenvalue weighted by Crippen LogP contribution is 2.22. The maximum absolute atomic E-state index is 12.2. The fourth-order valence-corrected chi connectivity index (χ4v) is 2.10. The number of rotatable bonds is 2. The largest absolute Gasteiger partial charge is 0.300 e. The highest BCUT2D eigenvalue weighted by molar-refractivity contribution is 9.10. The summed E-state index contributed by atoms with van der Waals surface area (Å²) in [6.45, 7) is 3.29. The van der Waals surface area contributed by atoms with Crippen LogP contribution >= 0.6 is 15.9 Å².